The van der Waals surface area contributed by atoms with Crippen LogP contribution in [-0.4, -0.2) is 29.8 Å². The number of hydrogen-bond acceptors (Lipinski definition) is 6. The van der Waals surface area contributed by atoms with Crippen LogP contribution in [0.1, 0.15) is 11.1 Å². The number of aliphatic hydroxyl groups is 1. The minimum atomic E-state index is 0.155. The van der Waals surface area contributed by atoms with Gasteiger partial charge in [0.05, 0.1) is 32.6 Å². The maximum Gasteiger partial charge on any atom is 0.231 e. The smallest absolute Gasteiger partial charge is 0.231 e. The van der Waals surface area contributed by atoms with Gasteiger partial charge in [0, 0.05) is 6.54 Å². The van der Waals surface area contributed by atoms with Crippen molar-refractivity contribution >= 4 is 55.6 Å². The van der Waals surface area contributed by atoms with Gasteiger partial charge in [-0.15, -0.1) is 10.2 Å². The maximum atomic E-state index is 8.77. The molecule has 136 valence electrons. The molecule has 0 spiro atoms. The Balaban J connectivity index is 1.72. The van der Waals surface area contributed by atoms with Crippen molar-refractivity contribution in [3.8, 4) is 0 Å². The number of aromatic nitrogens is 1. The van der Waals surface area contributed by atoms with Crippen LogP contribution >= 0.6 is 34.5 Å². The Bertz CT molecular complexity index is 903. The van der Waals surface area contributed by atoms with Crippen LogP contribution in [-0.2, 0) is 6.42 Å². The molecule has 0 aliphatic rings. The molecule has 1 heterocycles. The van der Waals surface area contributed by atoms with Crippen LogP contribution in [0.2, 0.25) is 10.0 Å². The van der Waals surface area contributed by atoms with Crippen LogP contribution in [0.25, 0.3) is 10.2 Å². The van der Waals surface area contributed by atoms with Gasteiger partial charge in [-0.1, -0.05) is 46.7 Å². The van der Waals surface area contributed by atoms with Crippen LogP contribution in [0, 0.1) is 6.92 Å². The average Bonchev–Trinajstić information content (AvgIpc) is 3.00. The highest BCUT2D eigenvalue weighted by Crippen LogP contribution is 2.35. The predicted octanol–water partition coefficient (Wildman–Crippen LogP) is 5.45. The number of nitrogens with one attached hydrogen (secondary N) is 1. The topological polar surface area (TPSA) is 69.9 Å². The fourth-order valence-electron chi connectivity index (χ4n) is 2.47. The van der Waals surface area contributed by atoms with Crippen molar-refractivity contribution < 1.29 is 5.11 Å². The molecular weight excluding hydrogens is 391 g/mol. The Morgan fingerprint density at radius 2 is 1.92 bits per heavy atom. The van der Waals surface area contributed by atoms with E-state index < -0.39 is 0 Å². The van der Waals surface area contributed by atoms with E-state index in [9.17, 15) is 0 Å². The molecule has 3 aromatic rings. The number of rotatable bonds is 7. The number of aliphatic hydroxyl groups excluding tert-OH is 1. The molecule has 3 rings (SSSR count). The molecule has 0 saturated carbocycles. The first-order chi connectivity index (χ1) is 12.6. The molecule has 0 bridgehead atoms. The van der Waals surface area contributed by atoms with Crippen molar-refractivity contribution in [2.75, 3.05) is 19.7 Å². The Morgan fingerprint density at radius 3 is 2.69 bits per heavy atom. The second-order valence-corrected chi connectivity index (χ2v) is 7.60. The normalized spacial score (nSPS) is 11.7. The first-order valence-electron chi connectivity index (χ1n) is 8.15. The quantitative estimate of drug-likeness (QED) is 0.403. The van der Waals surface area contributed by atoms with Gasteiger partial charge in [-0.05, 0) is 49.2 Å². The van der Waals surface area contributed by atoms with Gasteiger partial charge in [-0.25, -0.2) is 4.98 Å². The summed E-state index contributed by atoms with van der Waals surface area (Å²) >= 11 is 13.5. The van der Waals surface area contributed by atoms with Crippen LogP contribution in [0.5, 0.6) is 0 Å². The lowest BCUT2D eigenvalue weighted by Crippen LogP contribution is -2.20. The number of hydrogen-bond donors (Lipinski definition) is 2. The number of aryl methyl sites for hydroxylation is 1. The highest BCUT2D eigenvalue weighted by Gasteiger charge is 2.07. The number of nitrogens with zero attached hydrogens (tertiary/aromatic N) is 3. The summed E-state index contributed by atoms with van der Waals surface area (Å²) in [6.45, 7) is 3.61. The van der Waals surface area contributed by atoms with Gasteiger partial charge >= 0.3 is 0 Å². The first kappa shape index (κ1) is 19.2. The molecule has 0 atom stereocenters. The Labute approximate surface area is 165 Å². The van der Waals surface area contributed by atoms with Gasteiger partial charge in [0.1, 0.15) is 0 Å². The SMILES string of the molecule is Cc1cc(CCNCCO)ccc1N=Nc1nc2cc(Cl)c(Cl)cc2s1. The van der Waals surface area contributed by atoms with Crippen molar-refractivity contribution in [2.24, 2.45) is 10.2 Å². The number of thiazole rings is 1. The van der Waals surface area contributed by atoms with E-state index in [1.54, 1.807) is 12.1 Å². The van der Waals surface area contributed by atoms with E-state index in [4.69, 9.17) is 28.3 Å². The molecule has 0 unspecified atom stereocenters. The van der Waals surface area contributed by atoms with E-state index in [0.717, 1.165) is 34.4 Å². The molecular formula is C18H18Cl2N4OS. The molecule has 0 aliphatic carbocycles. The van der Waals surface area contributed by atoms with E-state index in [1.807, 2.05) is 19.1 Å². The Hall–Kier alpha value is -1.57. The van der Waals surface area contributed by atoms with Crippen LogP contribution < -0.4 is 5.32 Å². The number of fused-ring (bicyclic) bond motifs is 1. The van der Waals surface area contributed by atoms with Crippen molar-refractivity contribution in [1.29, 1.82) is 0 Å². The van der Waals surface area contributed by atoms with E-state index >= 15 is 0 Å². The second-order valence-electron chi connectivity index (χ2n) is 5.77. The summed E-state index contributed by atoms with van der Waals surface area (Å²) in [5.41, 5.74) is 3.85. The predicted molar refractivity (Wildman–Crippen MR) is 109 cm³/mol. The van der Waals surface area contributed by atoms with E-state index in [-0.39, 0.29) is 6.61 Å². The molecule has 8 heteroatoms. The van der Waals surface area contributed by atoms with Crippen molar-refractivity contribution in [3.05, 3.63) is 51.5 Å². The lowest BCUT2D eigenvalue weighted by molar-refractivity contribution is 0.293. The fourth-order valence-corrected chi connectivity index (χ4v) is 3.67. The van der Waals surface area contributed by atoms with Crippen molar-refractivity contribution in [2.45, 2.75) is 13.3 Å². The third-order valence-corrected chi connectivity index (χ3v) is 5.43. The molecule has 2 N–H and O–H groups in total. The minimum Gasteiger partial charge on any atom is -0.395 e. The van der Waals surface area contributed by atoms with E-state index in [1.165, 1.54) is 16.9 Å². The molecule has 0 fully saturated rings. The lowest BCUT2D eigenvalue weighted by atomic mass is 10.1. The van der Waals surface area contributed by atoms with Crippen LogP contribution in [0.15, 0.2) is 40.6 Å². The second kappa shape index (κ2) is 8.88. The fraction of sp³-hybridized carbons (Fsp3) is 0.278. The van der Waals surface area contributed by atoms with Gasteiger partial charge in [-0.3, -0.25) is 0 Å². The molecule has 0 radical (unpaired) electrons. The summed E-state index contributed by atoms with van der Waals surface area (Å²) in [6, 6.07) is 9.63. The van der Waals surface area contributed by atoms with Gasteiger partial charge in [0.2, 0.25) is 5.13 Å². The summed E-state index contributed by atoms with van der Waals surface area (Å²) in [7, 11) is 0. The highest BCUT2D eigenvalue weighted by atomic mass is 35.5. The Morgan fingerprint density at radius 1 is 1.12 bits per heavy atom. The minimum absolute atomic E-state index is 0.155. The van der Waals surface area contributed by atoms with Crippen molar-refractivity contribution in [1.82, 2.24) is 10.3 Å². The largest absolute Gasteiger partial charge is 0.395 e. The third-order valence-electron chi connectivity index (χ3n) is 3.80. The molecule has 0 amide bonds. The summed E-state index contributed by atoms with van der Waals surface area (Å²) in [5.74, 6) is 0. The summed E-state index contributed by atoms with van der Waals surface area (Å²) in [5, 5.41) is 22.1. The van der Waals surface area contributed by atoms with Crippen LogP contribution in [0.3, 0.4) is 0 Å². The van der Waals surface area contributed by atoms with E-state index in [0.29, 0.717) is 21.7 Å². The summed E-state index contributed by atoms with van der Waals surface area (Å²) in [6.07, 6.45) is 0.900. The molecule has 0 aliphatic heterocycles. The number of halogens is 2. The van der Waals surface area contributed by atoms with Gasteiger partial charge in [0.15, 0.2) is 0 Å². The monoisotopic (exact) mass is 408 g/mol. The molecule has 26 heavy (non-hydrogen) atoms. The molecule has 0 saturated heterocycles. The standard InChI is InChI=1S/C18H18Cl2N4OS/c1-11-8-12(4-5-21-6-7-25)2-3-15(11)23-24-18-22-16-9-13(19)14(20)10-17(16)26-18/h2-3,8-10,21,25H,4-7H2,1H3. The molecule has 2 aromatic carbocycles. The summed E-state index contributed by atoms with van der Waals surface area (Å²) in [4.78, 5) is 4.42. The lowest BCUT2D eigenvalue weighted by Gasteiger charge is -2.05. The van der Waals surface area contributed by atoms with Gasteiger partial charge < -0.3 is 10.4 Å². The van der Waals surface area contributed by atoms with Gasteiger partial charge in [-0.2, -0.15) is 0 Å². The highest BCUT2D eigenvalue weighted by molar-refractivity contribution is 7.22. The Kier molecular flexibility index (Phi) is 6.56. The zero-order valence-electron chi connectivity index (χ0n) is 14.2. The number of azo groups is 1. The number of benzene rings is 2. The third kappa shape index (κ3) is 4.78. The average molecular weight is 409 g/mol. The molecule has 5 nitrogen and oxygen atoms in total. The van der Waals surface area contributed by atoms with Crippen LogP contribution in [0.4, 0.5) is 10.8 Å². The zero-order chi connectivity index (χ0) is 18.5. The van der Waals surface area contributed by atoms with Gasteiger partial charge in [0.25, 0.3) is 0 Å². The van der Waals surface area contributed by atoms with Crippen molar-refractivity contribution in [3.63, 3.8) is 0 Å². The maximum absolute atomic E-state index is 8.77. The summed E-state index contributed by atoms with van der Waals surface area (Å²) < 4.78 is 0.927. The zero-order valence-corrected chi connectivity index (χ0v) is 16.5. The van der Waals surface area contributed by atoms with E-state index in [2.05, 4.69) is 26.6 Å². The first-order valence-corrected chi connectivity index (χ1v) is 9.72. The molecule has 1 aromatic heterocycles.